The van der Waals surface area contributed by atoms with Crippen molar-refractivity contribution in [3.05, 3.63) is 121 Å². The number of nitrogens with zero attached hydrogens (tertiary/aromatic N) is 2. The summed E-state index contributed by atoms with van der Waals surface area (Å²) in [5, 5.41) is 2.28. The molecule has 3 nitrogen and oxygen atoms in total. The van der Waals surface area contributed by atoms with Crippen molar-refractivity contribution in [1.82, 2.24) is 9.97 Å². The minimum absolute atomic E-state index is 0. The Balaban J connectivity index is 0.000000189. The molecule has 0 bridgehead atoms. The van der Waals surface area contributed by atoms with Gasteiger partial charge in [0.25, 0.3) is 0 Å². The van der Waals surface area contributed by atoms with Crippen molar-refractivity contribution in [2.75, 3.05) is 0 Å². The maximum absolute atomic E-state index is 6.26. The molecule has 0 saturated heterocycles. The Bertz CT molecular complexity index is 1470. The first-order valence-corrected chi connectivity index (χ1v) is 11.4. The smallest absolute Gasteiger partial charge is 0.500 e. The second-order valence-corrected chi connectivity index (χ2v) is 8.28. The SMILES string of the molecule is CC(C)c1cccc2c1oc1c(-c3ccccn3)[c-]ccc12.[Pt+2].[c-]1ccccc1-c1ccccn1. The first-order chi connectivity index (χ1) is 16.7. The van der Waals surface area contributed by atoms with Gasteiger partial charge in [-0.15, -0.1) is 54.1 Å². The molecule has 3 heterocycles. The number of para-hydroxylation sites is 1. The third-order valence-corrected chi connectivity index (χ3v) is 5.68. The Morgan fingerprint density at radius 2 is 1.37 bits per heavy atom. The molecule has 3 aromatic heterocycles. The number of hydrogen-bond acceptors (Lipinski definition) is 3. The predicted molar refractivity (Wildman–Crippen MR) is 138 cm³/mol. The molecule has 0 unspecified atom stereocenters. The zero-order valence-corrected chi connectivity index (χ0v) is 21.8. The molecule has 3 aromatic carbocycles. The van der Waals surface area contributed by atoms with Crippen molar-refractivity contribution in [2.24, 2.45) is 0 Å². The number of pyridine rings is 2. The maximum Gasteiger partial charge on any atom is 2.00 e. The summed E-state index contributed by atoms with van der Waals surface area (Å²) in [7, 11) is 0. The fourth-order valence-electron chi connectivity index (χ4n) is 4.02. The first kappa shape index (κ1) is 24.6. The van der Waals surface area contributed by atoms with Crippen molar-refractivity contribution in [2.45, 2.75) is 19.8 Å². The fourth-order valence-corrected chi connectivity index (χ4v) is 4.02. The van der Waals surface area contributed by atoms with E-state index in [1.165, 1.54) is 5.56 Å². The van der Waals surface area contributed by atoms with E-state index in [-0.39, 0.29) is 21.1 Å². The van der Waals surface area contributed by atoms with E-state index in [4.69, 9.17) is 4.42 Å². The van der Waals surface area contributed by atoms with Crippen LogP contribution >= 0.6 is 0 Å². The van der Waals surface area contributed by atoms with Crippen LogP contribution in [0.15, 0.2) is 108 Å². The monoisotopic (exact) mass is 635 g/mol. The van der Waals surface area contributed by atoms with Gasteiger partial charge in [0, 0.05) is 17.8 Å². The second-order valence-electron chi connectivity index (χ2n) is 8.28. The molecule has 35 heavy (non-hydrogen) atoms. The van der Waals surface area contributed by atoms with E-state index < -0.39 is 0 Å². The van der Waals surface area contributed by atoms with Crippen LogP contribution in [0.2, 0.25) is 0 Å². The number of furan rings is 1. The molecule has 0 radical (unpaired) electrons. The van der Waals surface area contributed by atoms with Crippen LogP contribution in [0.5, 0.6) is 0 Å². The molecular formula is C31H24N2OPt. The topological polar surface area (TPSA) is 38.9 Å². The zero-order valence-electron chi connectivity index (χ0n) is 19.5. The van der Waals surface area contributed by atoms with Crippen LogP contribution in [-0.4, -0.2) is 9.97 Å². The van der Waals surface area contributed by atoms with Gasteiger partial charge in [-0.25, -0.2) is 0 Å². The van der Waals surface area contributed by atoms with Crippen LogP contribution in [0.1, 0.15) is 25.3 Å². The van der Waals surface area contributed by atoms with Crippen molar-refractivity contribution >= 4 is 21.9 Å². The van der Waals surface area contributed by atoms with E-state index in [1.54, 1.807) is 12.4 Å². The van der Waals surface area contributed by atoms with Gasteiger partial charge in [0.15, 0.2) is 0 Å². The fraction of sp³-hybridized carbons (Fsp3) is 0.0968. The van der Waals surface area contributed by atoms with Gasteiger partial charge >= 0.3 is 21.1 Å². The number of aromatic nitrogens is 2. The number of hydrogen-bond donors (Lipinski definition) is 0. The molecule has 174 valence electrons. The van der Waals surface area contributed by atoms with Gasteiger partial charge in [-0.3, -0.25) is 0 Å². The third-order valence-electron chi connectivity index (χ3n) is 5.68. The summed E-state index contributed by atoms with van der Waals surface area (Å²) in [6.45, 7) is 4.38. The summed E-state index contributed by atoms with van der Waals surface area (Å²) >= 11 is 0. The minimum Gasteiger partial charge on any atom is -0.500 e. The maximum atomic E-state index is 6.26. The molecule has 0 aliphatic rings. The number of fused-ring (bicyclic) bond motifs is 3. The summed E-state index contributed by atoms with van der Waals surface area (Å²) < 4.78 is 6.26. The average Bonchev–Trinajstić information content (AvgIpc) is 3.29. The van der Waals surface area contributed by atoms with Crippen LogP contribution in [0, 0.1) is 12.1 Å². The second kappa shape index (κ2) is 11.2. The molecule has 0 amide bonds. The van der Waals surface area contributed by atoms with E-state index in [9.17, 15) is 0 Å². The molecule has 0 N–H and O–H groups in total. The Kier molecular flexibility index (Phi) is 7.90. The van der Waals surface area contributed by atoms with Crippen LogP contribution in [0.3, 0.4) is 0 Å². The van der Waals surface area contributed by atoms with E-state index in [2.05, 4.69) is 60.2 Å². The Morgan fingerprint density at radius 1 is 0.657 bits per heavy atom. The van der Waals surface area contributed by atoms with Crippen molar-refractivity contribution in [1.29, 1.82) is 0 Å². The van der Waals surface area contributed by atoms with Crippen LogP contribution in [-0.2, 0) is 21.1 Å². The molecular weight excluding hydrogens is 611 g/mol. The Hall–Kier alpha value is -3.55. The van der Waals surface area contributed by atoms with Crippen molar-refractivity contribution in [3.8, 4) is 22.5 Å². The van der Waals surface area contributed by atoms with Crippen LogP contribution < -0.4 is 0 Å². The Labute approximate surface area is 220 Å². The molecule has 6 rings (SSSR count). The summed E-state index contributed by atoms with van der Waals surface area (Å²) in [6, 6.07) is 36.4. The third kappa shape index (κ3) is 5.26. The van der Waals surface area contributed by atoms with Gasteiger partial charge in [-0.2, -0.15) is 0 Å². The Morgan fingerprint density at radius 3 is 2.03 bits per heavy atom. The molecule has 0 aliphatic heterocycles. The average molecular weight is 636 g/mol. The first-order valence-electron chi connectivity index (χ1n) is 11.4. The van der Waals surface area contributed by atoms with Crippen molar-refractivity contribution in [3.63, 3.8) is 0 Å². The van der Waals surface area contributed by atoms with E-state index in [0.29, 0.717) is 5.92 Å². The quantitative estimate of drug-likeness (QED) is 0.185. The van der Waals surface area contributed by atoms with Gasteiger partial charge in [0.1, 0.15) is 5.58 Å². The normalized spacial score (nSPS) is 10.6. The van der Waals surface area contributed by atoms with Gasteiger partial charge < -0.3 is 14.4 Å². The largest absolute Gasteiger partial charge is 2.00 e. The molecule has 0 atom stereocenters. The van der Waals surface area contributed by atoms with E-state index >= 15 is 0 Å². The molecule has 0 spiro atoms. The predicted octanol–water partition coefficient (Wildman–Crippen LogP) is 8.12. The summed E-state index contributed by atoms with van der Waals surface area (Å²) in [6.07, 6.45) is 3.58. The van der Waals surface area contributed by atoms with E-state index in [0.717, 1.165) is 44.5 Å². The van der Waals surface area contributed by atoms with Gasteiger partial charge in [0.05, 0.1) is 5.58 Å². The molecule has 0 aliphatic carbocycles. The number of rotatable bonds is 3. The standard InChI is InChI=1S/C20H16NO.C11H8N.Pt/c1-13(2)14-7-5-8-15-16-9-6-10-17(20(16)22-19(14)15)18-11-3-4-12-21-18;1-2-6-10(7-3-1)11-8-4-5-9-12-11;/h3-9,11-13H,1-2H3;1-6,8-9H;/q2*-1;+2. The molecule has 4 heteroatoms. The molecule has 0 fully saturated rings. The molecule has 6 aromatic rings. The summed E-state index contributed by atoms with van der Waals surface area (Å²) in [4.78, 5) is 8.65. The van der Waals surface area contributed by atoms with Gasteiger partial charge in [-0.1, -0.05) is 67.3 Å². The van der Waals surface area contributed by atoms with Crippen LogP contribution in [0.4, 0.5) is 0 Å². The summed E-state index contributed by atoms with van der Waals surface area (Å²) in [5.41, 5.74) is 6.90. The minimum atomic E-state index is 0. The van der Waals surface area contributed by atoms with Crippen molar-refractivity contribution < 1.29 is 25.5 Å². The zero-order chi connectivity index (χ0) is 23.3. The van der Waals surface area contributed by atoms with E-state index in [1.807, 2.05) is 66.7 Å². The number of benzene rings is 3. The van der Waals surface area contributed by atoms with Crippen LogP contribution in [0.25, 0.3) is 44.5 Å². The van der Waals surface area contributed by atoms with Gasteiger partial charge in [-0.05, 0) is 35.0 Å². The van der Waals surface area contributed by atoms with Gasteiger partial charge in [0.2, 0.25) is 0 Å². The molecule has 0 saturated carbocycles. The summed E-state index contributed by atoms with van der Waals surface area (Å²) in [5.74, 6) is 0.423.